The second-order valence-corrected chi connectivity index (χ2v) is 6.94. The maximum absolute atomic E-state index is 12.0. The maximum atomic E-state index is 12.0. The molecule has 0 spiro atoms. The predicted molar refractivity (Wildman–Crippen MR) is 73.4 cm³/mol. The fourth-order valence-corrected chi connectivity index (χ4v) is 3.42. The third-order valence-electron chi connectivity index (χ3n) is 3.02. The molecule has 1 aliphatic rings. The molecule has 1 saturated heterocycles. The summed E-state index contributed by atoms with van der Waals surface area (Å²) in [6.07, 6.45) is 1.92. The Morgan fingerprint density at radius 3 is 2.71 bits per heavy atom. The molecule has 0 bridgehead atoms. The molecule has 0 aromatic carbocycles. The van der Waals surface area contributed by atoms with E-state index in [0.717, 1.165) is 31.7 Å². The Kier molecular flexibility index (Phi) is 5.80. The van der Waals surface area contributed by atoms with E-state index in [1.165, 1.54) is 0 Å². The largest absolute Gasteiger partial charge is 0.465 e. The molecule has 100 valence electrons. The van der Waals surface area contributed by atoms with Gasteiger partial charge in [0.25, 0.3) is 0 Å². The quantitative estimate of drug-likeness (QED) is 0.710. The van der Waals surface area contributed by atoms with Crippen LogP contribution in [0.5, 0.6) is 0 Å². The lowest BCUT2D eigenvalue weighted by molar-refractivity contribution is -0.150. The second-order valence-electron chi connectivity index (χ2n) is 5.14. The van der Waals surface area contributed by atoms with Crippen molar-refractivity contribution < 1.29 is 9.53 Å². The van der Waals surface area contributed by atoms with Crippen LogP contribution in [0.4, 0.5) is 0 Å². The topological polar surface area (TPSA) is 29.5 Å². The minimum atomic E-state index is -0.0444. The number of ether oxygens (including phenoxy) is 1. The Morgan fingerprint density at radius 1 is 1.47 bits per heavy atom. The molecule has 3 nitrogen and oxygen atoms in total. The Hall–Kier alpha value is -0.220. The van der Waals surface area contributed by atoms with Gasteiger partial charge in [-0.1, -0.05) is 13.3 Å². The molecule has 17 heavy (non-hydrogen) atoms. The van der Waals surface area contributed by atoms with Crippen molar-refractivity contribution in [3.63, 3.8) is 0 Å². The van der Waals surface area contributed by atoms with Gasteiger partial charge in [0.05, 0.1) is 6.61 Å². The van der Waals surface area contributed by atoms with E-state index in [-0.39, 0.29) is 16.8 Å². The van der Waals surface area contributed by atoms with E-state index in [1.54, 1.807) is 0 Å². The molecular formula is C13H25NO2S. The van der Waals surface area contributed by atoms with Crippen LogP contribution < -0.4 is 0 Å². The molecular weight excluding hydrogens is 234 g/mol. The molecule has 0 aliphatic carbocycles. The van der Waals surface area contributed by atoms with E-state index in [0.29, 0.717) is 6.61 Å². The zero-order valence-electron chi connectivity index (χ0n) is 11.5. The molecule has 0 radical (unpaired) electrons. The molecule has 4 heteroatoms. The molecule has 0 N–H and O–H groups in total. The summed E-state index contributed by atoms with van der Waals surface area (Å²) < 4.78 is 5.44. The molecule has 1 atom stereocenters. The Labute approximate surface area is 109 Å². The highest BCUT2D eigenvalue weighted by atomic mass is 32.2. The average Bonchev–Trinajstić information content (AvgIpc) is 2.24. The first kappa shape index (κ1) is 14.8. The summed E-state index contributed by atoms with van der Waals surface area (Å²) in [5, 5.41) is 0. The van der Waals surface area contributed by atoms with Crippen LogP contribution in [-0.4, -0.2) is 47.1 Å². The van der Waals surface area contributed by atoms with Crippen LogP contribution in [-0.2, 0) is 9.53 Å². The van der Waals surface area contributed by atoms with Gasteiger partial charge in [-0.3, -0.25) is 9.69 Å². The van der Waals surface area contributed by atoms with E-state index in [9.17, 15) is 4.79 Å². The summed E-state index contributed by atoms with van der Waals surface area (Å²) >= 11 is 1.99. The molecule has 0 aromatic heterocycles. The van der Waals surface area contributed by atoms with Gasteiger partial charge in [-0.05, 0) is 27.2 Å². The average molecular weight is 259 g/mol. The van der Waals surface area contributed by atoms with Crippen molar-refractivity contribution in [3.8, 4) is 0 Å². The molecule has 0 saturated carbocycles. The standard InChI is InChI=1S/C13H25NO2S/c1-5-7-11(12(15)16-6-2)14-8-9-17-13(3,4)10-14/h11H,5-10H2,1-4H3. The van der Waals surface area contributed by atoms with Crippen LogP contribution in [0.3, 0.4) is 0 Å². The van der Waals surface area contributed by atoms with Crippen molar-refractivity contribution >= 4 is 17.7 Å². The molecule has 1 unspecified atom stereocenters. The van der Waals surface area contributed by atoms with E-state index in [1.807, 2.05) is 18.7 Å². The molecule has 1 aliphatic heterocycles. The van der Waals surface area contributed by atoms with Gasteiger partial charge in [0.15, 0.2) is 0 Å². The molecule has 1 rings (SSSR count). The summed E-state index contributed by atoms with van der Waals surface area (Å²) in [5.74, 6) is 1.06. The van der Waals surface area contributed by atoms with Crippen molar-refractivity contribution in [3.05, 3.63) is 0 Å². The zero-order chi connectivity index (χ0) is 12.9. The summed E-state index contributed by atoms with van der Waals surface area (Å²) in [6, 6.07) is -0.0416. The van der Waals surface area contributed by atoms with Crippen LogP contribution in [0, 0.1) is 0 Å². The highest BCUT2D eigenvalue weighted by Gasteiger charge is 2.34. The summed E-state index contributed by atoms with van der Waals surface area (Å²) in [4.78, 5) is 14.3. The first-order valence-corrected chi connectivity index (χ1v) is 7.53. The second kappa shape index (κ2) is 6.64. The van der Waals surface area contributed by atoms with Gasteiger partial charge < -0.3 is 4.74 Å². The summed E-state index contributed by atoms with van der Waals surface area (Å²) in [7, 11) is 0. The van der Waals surface area contributed by atoms with Gasteiger partial charge >= 0.3 is 5.97 Å². The van der Waals surface area contributed by atoms with Crippen molar-refractivity contribution in [1.29, 1.82) is 0 Å². The molecule has 0 amide bonds. The summed E-state index contributed by atoms with van der Waals surface area (Å²) in [6.45, 7) is 10.9. The van der Waals surface area contributed by atoms with E-state index < -0.39 is 0 Å². The van der Waals surface area contributed by atoms with Crippen LogP contribution in [0.15, 0.2) is 0 Å². The number of carbonyl (C=O) groups excluding carboxylic acids is 1. The Morgan fingerprint density at radius 2 is 2.18 bits per heavy atom. The third-order valence-corrected chi connectivity index (χ3v) is 4.31. The van der Waals surface area contributed by atoms with Crippen molar-refractivity contribution in [1.82, 2.24) is 4.90 Å². The first-order valence-electron chi connectivity index (χ1n) is 6.55. The number of carbonyl (C=O) groups is 1. The number of rotatable bonds is 5. The highest BCUT2D eigenvalue weighted by Crippen LogP contribution is 2.31. The van der Waals surface area contributed by atoms with Gasteiger partial charge in [0, 0.05) is 23.6 Å². The van der Waals surface area contributed by atoms with E-state index in [4.69, 9.17) is 4.74 Å². The monoisotopic (exact) mass is 259 g/mol. The predicted octanol–water partition coefficient (Wildman–Crippen LogP) is 2.55. The van der Waals surface area contributed by atoms with Gasteiger partial charge in [-0.2, -0.15) is 11.8 Å². The van der Waals surface area contributed by atoms with Crippen molar-refractivity contribution in [2.75, 3.05) is 25.4 Å². The Bertz CT molecular complexity index is 256. The number of esters is 1. The minimum absolute atomic E-state index is 0.0416. The van der Waals surface area contributed by atoms with Crippen LogP contribution in [0.2, 0.25) is 0 Å². The zero-order valence-corrected chi connectivity index (χ0v) is 12.3. The Balaban J connectivity index is 2.65. The normalized spacial score (nSPS) is 22.1. The van der Waals surface area contributed by atoms with Gasteiger partial charge in [0.1, 0.15) is 6.04 Å². The number of hydrogen-bond donors (Lipinski definition) is 0. The minimum Gasteiger partial charge on any atom is -0.465 e. The van der Waals surface area contributed by atoms with Gasteiger partial charge in [-0.15, -0.1) is 0 Å². The van der Waals surface area contributed by atoms with Crippen LogP contribution in [0.1, 0.15) is 40.5 Å². The SMILES string of the molecule is CCCC(C(=O)OCC)N1CCSC(C)(C)C1. The van der Waals surface area contributed by atoms with Crippen LogP contribution in [0.25, 0.3) is 0 Å². The third kappa shape index (κ3) is 4.51. The molecule has 1 fully saturated rings. The van der Waals surface area contributed by atoms with E-state index >= 15 is 0 Å². The fraction of sp³-hybridized carbons (Fsp3) is 0.923. The van der Waals surface area contributed by atoms with Crippen LogP contribution >= 0.6 is 11.8 Å². The highest BCUT2D eigenvalue weighted by molar-refractivity contribution is 8.00. The fourth-order valence-electron chi connectivity index (χ4n) is 2.28. The lowest BCUT2D eigenvalue weighted by Crippen LogP contribution is -2.51. The lowest BCUT2D eigenvalue weighted by atomic mass is 10.1. The van der Waals surface area contributed by atoms with Gasteiger partial charge in [-0.25, -0.2) is 0 Å². The maximum Gasteiger partial charge on any atom is 0.323 e. The van der Waals surface area contributed by atoms with Crippen molar-refractivity contribution in [2.24, 2.45) is 0 Å². The van der Waals surface area contributed by atoms with Gasteiger partial charge in [0.2, 0.25) is 0 Å². The smallest absolute Gasteiger partial charge is 0.323 e. The first-order chi connectivity index (χ1) is 8.00. The molecule has 0 aromatic rings. The van der Waals surface area contributed by atoms with Crippen molar-refractivity contribution in [2.45, 2.75) is 51.3 Å². The number of thioether (sulfide) groups is 1. The number of nitrogens with zero attached hydrogens (tertiary/aromatic N) is 1. The lowest BCUT2D eigenvalue weighted by Gasteiger charge is -2.40. The van der Waals surface area contributed by atoms with E-state index in [2.05, 4.69) is 25.7 Å². The molecule has 1 heterocycles. The summed E-state index contributed by atoms with van der Waals surface area (Å²) in [5.41, 5.74) is 0. The number of hydrogen-bond acceptors (Lipinski definition) is 4.